The van der Waals surface area contributed by atoms with Crippen molar-refractivity contribution in [3.05, 3.63) is 97.1 Å². The molecule has 0 amide bonds. The predicted octanol–water partition coefficient (Wildman–Crippen LogP) is 4.20. The first-order valence-corrected chi connectivity index (χ1v) is 11.0. The van der Waals surface area contributed by atoms with Gasteiger partial charge in [0, 0.05) is 0 Å². The van der Waals surface area contributed by atoms with Crippen molar-refractivity contribution in [3.63, 3.8) is 0 Å². The molecule has 0 aliphatic carbocycles. The Morgan fingerprint density at radius 3 is 1.72 bits per heavy atom. The fourth-order valence-electron chi connectivity index (χ4n) is 3.78. The molecule has 0 radical (unpaired) electrons. The number of phenols is 1. The van der Waals surface area contributed by atoms with E-state index in [1.807, 2.05) is 30.3 Å². The topological polar surface area (TPSA) is 20.2 Å². The molecule has 0 heterocycles. The molecule has 0 spiro atoms. The van der Waals surface area contributed by atoms with Gasteiger partial charge in [-0.15, -0.1) is 0 Å². The minimum atomic E-state index is -2.34. The van der Waals surface area contributed by atoms with E-state index >= 15 is 0 Å². The zero-order chi connectivity index (χ0) is 17.3. The molecule has 4 aromatic carbocycles. The molecular weight excluding hydrogens is 323 g/mol. The second-order valence-electron chi connectivity index (χ2n) is 6.54. The third kappa shape index (κ3) is 2.62. The molecule has 0 fully saturated rings. The maximum absolute atomic E-state index is 10.9. The summed E-state index contributed by atoms with van der Waals surface area (Å²) in [5.74, 6) is 0.389. The SMILES string of the molecule is C[PH](c1ccccc1)(c1ccccc1)c1c(O)ccc2ccccc12. The molecule has 0 atom stereocenters. The van der Waals surface area contributed by atoms with E-state index in [4.69, 9.17) is 0 Å². The number of hydrogen-bond acceptors (Lipinski definition) is 1. The van der Waals surface area contributed by atoms with Gasteiger partial charge in [-0.25, -0.2) is 0 Å². The Balaban J connectivity index is 2.12. The van der Waals surface area contributed by atoms with Crippen LogP contribution in [0.5, 0.6) is 5.75 Å². The van der Waals surface area contributed by atoms with E-state index in [2.05, 4.69) is 73.4 Å². The van der Waals surface area contributed by atoms with Crippen molar-refractivity contribution in [2.24, 2.45) is 0 Å². The van der Waals surface area contributed by atoms with E-state index in [1.54, 1.807) is 0 Å². The van der Waals surface area contributed by atoms with Gasteiger partial charge in [0.25, 0.3) is 0 Å². The third-order valence-electron chi connectivity index (χ3n) is 5.11. The molecule has 0 aromatic heterocycles. The number of fused-ring (bicyclic) bond motifs is 1. The molecule has 0 bridgehead atoms. The van der Waals surface area contributed by atoms with Crippen LogP contribution in [0.3, 0.4) is 0 Å². The van der Waals surface area contributed by atoms with Crippen LogP contribution in [-0.4, -0.2) is 11.8 Å². The van der Waals surface area contributed by atoms with Crippen molar-refractivity contribution in [1.82, 2.24) is 0 Å². The van der Waals surface area contributed by atoms with Crippen molar-refractivity contribution in [2.45, 2.75) is 0 Å². The van der Waals surface area contributed by atoms with Crippen LogP contribution in [0.2, 0.25) is 0 Å². The molecule has 25 heavy (non-hydrogen) atoms. The fraction of sp³-hybridized carbons (Fsp3) is 0.0435. The average molecular weight is 344 g/mol. The quantitative estimate of drug-likeness (QED) is 0.552. The van der Waals surface area contributed by atoms with Crippen LogP contribution >= 0.6 is 7.26 Å². The molecule has 0 aliphatic heterocycles. The summed E-state index contributed by atoms with van der Waals surface area (Å²) in [4.78, 5) is 0. The van der Waals surface area contributed by atoms with Gasteiger partial charge in [-0.05, 0) is 0 Å². The molecule has 2 heteroatoms. The summed E-state index contributed by atoms with van der Waals surface area (Å²) in [5, 5.41) is 16.9. The van der Waals surface area contributed by atoms with Gasteiger partial charge in [-0.1, -0.05) is 0 Å². The summed E-state index contributed by atoms with van der Waals surface area (Å²) < 4.78 is 0. The van der Waals surface area contributed by atoms with Gasteiger partial charge < -0.3 is 0 Å². The number of rotatable bonds is 3. The van der Waals surface area contributed by atoms with Crippen LogP contribution in [0.4, 0.5) is 0 Å². The Labute approximate surface area is 148 Å². The van der Waals surface area contributed by atoms with Crippen molar-refractivity contribution >= 4 is 33.9 Å². The van der Waals surface area contributed by atoms with Gasteiger partial charge in [0.1, 0.15) is 0 Å². The van der Waals surface area contributed by atoms with Crippen LogP contribution in [-0.2, 0) is 0 Å². The van der Waals surface area contributed by atoms with Gasteiger partial charge in [-0.2, -0.15) is 0 Å². The monoisotopic (exact) mass is 344 g/mol. The summed E-state index contributed by atoms with van der Waals surface area (Å²) in [7, 11) is -2.34. The van der Waals surface area contributed by atoms with E-state index < -0.39 is 7.26 Å². The summed E-state index contributed by atoms with van der Waals surface area (Å²) in [6.07, 6.45) is 0. The zero-order valence-corrected chi connectivity index (χ0v) is 15.2. The van der Waals surface area contributed by atoms with Crippen molar-refractivity contribution < 1.29 is 5.11 Å². The zero-order valence-electron chi connectivity index (χ0n) is 14.2. The molecular formula is C23H21OP. The van der Waals surface area contributed by atoms with Crippen LogP contribution in [0.15, 0.2) is 97.1 Å². The van der Waals surface area contributed by atoms with E-state index in [1.165, 1.54) is 16.0 Å². The number of phenolic OH excluding ortho intramolecular Hbond substituents is 1. The molecule has 0 saturated heterocycles. The second kappa shape index (κ2) is 6.35. The van der Waals surface area contributed by atoms with Crippen LogP contribution in [0, 0.1) is 0 Å². The minimum absolute atomic E-state index is 0.389. The van der Waals surface area contributed by atoms with Crippen LogP contribution < -0.4 is 15.9 Å². The van der Waals surface area contributed by atoms with Gasteiger partial charge in [-0.3, -0.25) is 0 Å². The van der Waals surface area contributed by atoms with Crippen molar-refractivity contribution in [2.75, 3.05) is 6.66 Å². The Morgan fingerprint density at radius 2 is 1.12 bits per heavy atom. The Hall–Kier alpha value is -2.63. The van der Waals surface area contributed by atoms with Gasteiger partial charge in [0.15, 0.2) is 0 Å². The Kier molecular flexibility index (Phi) is 4.03. The van der Waals surface area contributed by atoms with Crippen LogP contribution in [0.25, 0.3) is 10.8 Å². The summed E-state index contributed by atoms with van der Waals surface area (Å²) in [6.45, 7) is 2.33. The first-order valence-electron chi connectivity index (χ1n) is 8.53. The number of benzene rings is 4. The fourth-order valence-corrected chi connectivity index (χ4v) is 7.77. The molecule has 4 rings (SSSR count). The first-order chi connectivity index (χ1) is 12.2. The van der Waals surface area contributed by atoms with Gasteiger partial charge >= 0.3 is 149 Å². The van der Waals surface area contributed by atoms with Crippen LogP contribution in [0.1, 0.15) is 0 Å². The number of hydrogen-bond donors (Lipinski definition) is 1. The Morgan fingerprint density at radius 1 is 0.600 bits per heavy atom. The molecule has 0 unspecified atom stereocenters. The van der Waals surface area contributed by atoms with Gasteiger partial charge in [0.2, 0.25) is 0 Å². The van der Waals surface area contributed by atoms with E-state index in [-0.39, 0.29) is 0 Å². The molecule has 124 valence electrons. The number of aromatic hydroxyl groups is 1. The molecule has 4 aromatic rings. The maximum atomic E-state index is 10.9. The average Bonchev–Trinajstić information content (AvgIpc) is 2.69. The van der Waals surface area contributed by atoms with Crippen molar-refractivity contribution in [3.8, 4) is 5.75 Å². The predicted molar refractivity (Wildman–Crippen MR) is 112 cm³/mol. The molecule has 0 saturated carbocycles. The van der Waals surface area contributed by atoms with Gasteiger partial charge in [0.05, 0.1) is 0 Å². The third-order valence-corrected chi connectivity index (χ3v) is 9.61. The van der Waals surface area contributed by atoms with E-state index in [0.29, 0.717) is 5.75 Å². The standard InChI is InChI=1S/C23H21OP/c1-25(19-11-4-2-5-12-19,20-13-6-3-7-14-20)23-21-15-9-8-10-18(21)16-17-22(23)24/h2-17,24-25H,1H3. The second-order valence-corrected chi connectivity index (χ2v) is 10.4. The Bertz CT molecular complexity index is 970. The van der Waals surface area contributed by atoms with E-state index in [0.717, 1.165) is 10.7 Å². The van der Waals surface area contributed by atoms with E-state index in [9.17, 15) is 5.11 Å². The summed E-state index contributed by atoms with van der Waals surface area (Å²) in [5.41, 5.74) is 0. The van der Waals surface area contributed by atoms with Crippen molar-refractivity contribution in [1.29, 1.82) is 0 Å². The summed E-state index contributed by atoms with van der Waals surface area (Å²) in [6, 6.07) is 33.4. The molecule has 1 N–H and O–H groups in total. The summed E-state index contributed by atoms with van der Waals surface area (Å²) >= 11 is 0. The molecule has 0 aliphatic rings. The normalized spacial score (nSPS) is 12.2. The molecule has 1 nitrogen and oxygen atoms in total. The first kappa shape index (κ1) is 15.9.